The zero-order valence-corrected chi connectivity index (χ0v) is 55.6. The lowest BCUT2D eigenvalue weighted by atomic mass is 9.96. The number of hydrogen-bond acceptors (Lipinski definition) is 17. The van der Waals surface area contributed by atoms with E-state index in [4.69, 9.17) is 20.3 Å². The molecule has 0 saturated carbocycles. The lowest BCUT2D eigenvalue weighted by Gasteiger charge is -2.32. The zero-order valence-electron chi connectivity index (χ0n) is 53.4. The van der Waals surface area contributed by atoms with E-state index in [1.807, 2.05) is 13.8 Å². The standard InChI is InChI=1S/C62H88IN17O14/c1-7-35(6)51(79-56(88)44(25-37-17-19-40(81)20-18-37)75-58(90)50(34(4)5)78-53(85)42(15-11-21-69-62(65)66)72-52(84)41(64)28-49(82)83)59(91)76-46(27-39-30-68-32-71-39)60(92)80-22-12-16-48(80)57(89)74-43(24-36-13-9-8-10-14-36)54(86)73-45(26-38-29-67-31-70-38)55(87)77-47(23-33(2)3)61(93)94-63/h8-10,13-14,17-20,29-35,41-48,50-51,81H,7,11-12,15-16,21-28,64H2,1-6H3,(H,67,70)(H,68,71)(H,72,84)(H,73,86)(H,74,89)(H,75,90)(H,76,91)(H,77,87)(H,78,85)(H,79,88)(H,82,83)(H4,65,66,69)/t35-,41-,42-,43-,44-,45-,46-,47-,48-,50-,51-/m0/s1. The summed E-state index contributed by atoms with van der Waals surface area (Å²) in [6, 6.07) is 1.24. The van der Waals surface area contributed by atoms with E-state index in [-0.39, 0.29) is 82.1 Å². The number of aliphatic imine (C=N–C) groups is 1. The first-order valence-corrected chi connectivity index (χ1v) is 31.9. The minimum atomic E-state index is -1.53. The maximum absolute atomic E-state index is 15.1. The number of hydrogen-bond donors (Lipinski definition) is 15. The molecule has 0 unspecified atom stereocenters. The fraction of sp³-hybridized carbons (Fsp3) is 0.516. The fourth-order valence-electron chi connectivity index (χ4n) is 10.4. The van der Waals surface area contributed by atoms with Crippen molar-refractivity contribution in [3.8, 4) is 5.75 Å². The molecule has 18 N–H and O–H groups in total. The van der Waals surface area contributed by atoms with Gasteiger partial charge in [-0.3, -0.25) is 52.9 Å². The predicted octanol–water partition coefficient (Wildman–Crippen LogP) is -0.525. The number of likely N-dealkylation sites (tertiary alicyclic amines) is 1. The minimum Gasteiger partial charge on any atom is -0.508 e. The first-order valence-electron chi connectivity index (χ1n) is 31.0. The van der Waals surface area contributed by atoms with Crippen LogP contribution < -0.4 is 59.7 Å². The zero-order chi connectivity index (χ0) is 69.2. The van der Waals surface area contributed by atoms with E-state index < -0.39 is 144 Å². The van der Waals surface area contributed by atoms with Gasteiger partial charge in [0.15, 0.2) is 29.0 Å². The molecule has 1 fully saturated rings. The molecular formula is C62H88IN17O14. The average molecular weight is 1420 g/mol. The summed E-state index contributed by atoms with van der Waals surface area (Å²) in [6.07, 6.45) is 5.56. The van der Waals surface area contributed by atoms with Crippen LogP contribution in [0.25, 0.3) is 0 Å². The van der Waals surface area contributed by atoms with Crippen molar-refractivity contribution in [3.63, 3.8) is 0 Å². The number of halogens is 1. The molecule has 0 radical (unpaired) electrons. The Hall–Kier alpha value is -9.21. The Labute approximate surface area is 558 Å². The van der Waals surface area contributed by atoms with E-state index >= 15 is 4.79 Å². The lowest BCUT2D eigenvalue weighted by molar-refractivity contribution is -0.143. The quantitative estimate of drug-likeness (QED) is 0.0117. The normalized spacial score (nSPS) is 16.0. The Morgan fingerprint density at radius 2 is 1.17 bits per heavy atom. The third kappa shape index (κ3) is 24.0. The number of imidazole rings is 2. The number of rotatable bonds is 37. The van der Waals surface area contributed by atoms with E-state index in [9.17, 15) is 58.2 Å². The third-order valence-electron chi connectivity index (χ3n) is 15.7. The number of aromatic nitrogens is 4. The fourth-order valence-corrected chi connectivity index (χ4v) is 10.7. The minimum absolute atomic E-state index is 0.0306. The molecule has 32 heteroatoms. The molecule has 5 rings (SSSR count). The van der Waals surface area contributed by atoms with E-state index in [1.165, 1.54) is 77.2 Å². The van der Waals surface area contributed by atoms with Crippen molar-refractivity contribution in [3.05, 3.63) is 102 Å². The van der Waals surface area contributed by atoms with Crippen LogP contribution in [-0.4, -0.2) is 180 Å². The van der Waals surface area contributed by atoms with Crippen LogP contribution in [0.4, 0.5) is 0 Å². The van der Waals surface area contributed by atoms with Crippen LogP contribution in [-0.2, 0) is 81.5 Å². The number of nitrogens with two attached hydrogens (primary N) is 3. The number of aromatic hydroxyl groups is 1. The number of phenolic OH excluding ortho intramolecular Hbond substituents is 1. The second kappa shape index (κ2) is 37.5. The van der Waals surface area contributed by atoms with E-state index in [2.05, 4.69) is 67.5 Å². The number of amides is 9. The number of H-pyrrole nitrogens is 2. The van der Waals surface area contributed by atoms with Gasteiger partial charge in [0.05, 0.1) is 25.1 Å². The van der Waals surface area contributed by atoms with Gasteiger partial charge in [-0.15, -0.1) is 0 Å². The van der Waals surface area contributed by atoms with Crippen LogP contribution in [0.1, 0.15) is 109 Å². The molecule has 0 spiro atoms. The number of benzene rings is 2. The van der Waals surface area contributed by atoms with Gasteiger partial charge >= 0.3 is 11.9 Å². The summed E-state index contributed by atoms with van der Waals surface area (Å²) < 4.78 is 4.94. The molecule has 2 aromatic carbocycles. The van der Waals surface area contributed by atoms with Crippen molar-refractivity contribution in [2.75, 3.05) is 13.1 Å². The van der Waals surface area contributed by atoms with Gasteiger partial charge in [0, 0.05) is 62.6 Å². The molecule has 1 saturated heterocycles. The van der Waals surface area contributed by atoms with Gasteiger partial charge in [-0.1, -0.05) is 90.4 Å². The molecule has 11 atom stereocenters. The van der Waals surface area contributed by atoms with Crippen LogP contribution in [0.3, 0.4) is 0 Å². The lowest BCUT2D eigenvalue weighted by Crippen LogP contribution is -2.62. The van der Waals surface area contributed by atoms with E-state index in [0.717, 1.165) is 0 Å². The molecule has 9 amide bonds. The number of aliphatic carboxylic acids is 1. The number of carbonyl (C=O) groups is 11. The molecule has 0 bridgehead atoms. The summed E-state index contributed by atoms with van der Waals surface area (Å²) in [6.45, 7) is 10.5. The molecule has 4 aromatic rings. The van der Waals surface area contributed by atoms with Crippen LogP contribution >= 0.6 is 23.0 Å². The van der Waals surface area contributed by atoms with Crippen LogP contribution in [0.5, 0.6) is 5.75 Å². The number of carboxylic acids is 1. The Balaban J connectivity index is 1.40. The Morgan fingerprint density at radius 3 is 1.72 bits per heavy atom. The Morgan fingerprint density at radius 1 is 0.660 bits per heavy atom. The van der Waals surface area contributed by atoms with Gasteiger partial charge in [0.25, 0.3) is 0 Å². The summed E-state index contributed by atoms with van der Waals surface area (Å²) in [5.74, 6) is -10.9. The summed E-state index contributed by atoms with van der Waals surface area (Å²) >= 11 is 1.44. The van der Waals surface area contributed by atoms with Crippen molar-refractivity contribution < 1.29 is 66.0 Å². The van der Waals surface area contributed by atoms with Crippen LogP contribution in [0.2, 0.25) is 0 Å². The Bertz CT molecular complexity index is 3210. The molecule has 31 nitrogen and oxygen atoms in total. The van der Waals surface area contributed by atoms with Crippen molar-refractivity contribution in [2.24, 2.45) is 39.9 Å². The molecule has 3 heterocycles. The highest BCUT2D eigenvalue weighted by atomic mass is 127. The van der Waals surface area contributed by atoms with Gasteiger partial charge in [0.1, 0.15) is 60.1 Å². The van der Waals surface area contributed by atoms with Gasteiger partial charge in [-0.05, 0) is 73.1 Å². The summed E-state index contributed by atoms with van der Waals surface area (Å²) in [5.41, 5.74) is 18.7. The first-order chi connectivity index (χ1) is 44.7. The molecule has 512 valence electrons. The van der Waals surface area contributed by atoms with Crippen LogP contribution in [0, 0.1) is 17.8 Å². The van der Waals surface area contributed by atoms with E-state index in [1.54, 1.807) is 58.0 Å². The van der Waals surface area contributed by atoms with Crippen molar-refractivity contribution >= 4 is 94.1 Å². The smallest absolute Gasteiger partial charge is 0.338 e. The molecule has 94 heavy (non-hydrogen) atoms. The molecule has 2 aromatic heterocycles. The summed E-state index contributed by atoms with van der Waals surface area (Å²) in [5, 5.41) is 41.1. The molecule has 1 aliphatic heterocycles. The number of carboxylic acid groups (broad SMARTS) is 1. The highest BCUT2D eigenvalue weighted by molar-refractivity contribution is 14.1. The third-order valence-corrected chi connectivity index (χ3v) is 16.1. The number of carbonyl (C=O) groups excluding carboxylic acids is 10. The van der Waals surface area contributed by atoms with Gasteiger partial charge in [-0.25, -0.2) is 14.8 Å². The SMILES string of the molecule is CC[C@H](C)[C@H](NC(=O)[C@H](Cc1ccc(O)cc1)NC(=O)[C@@H](NC(=O)[C@H](CCCN=C(N)N)NC(=O)[C@@H](N)CC(=O)O)C(C)C)C(=O)N[C@@H](Cc1cnc[nH]1)C(=O)N1CCC[C@H]1C(=O)N[C@@H](Cc1ccccc1)C(=O)N[C@@H](Cc1cnc[nH]1)C(=O)N[C@@H](CC(C)C)C(=O)OI. The summed E-state index contributed by atoms with van der Waals surface area (Å²) in [4.78, 5) is 173. The van der Waals surface area contributed by atoms with Crippen molar-refractivity contribution in [1.82, 2.24) is 67.4 Å². The number of phenols is 1. The topological polar surface area (TPSA) is 485 Å². The molecule has 1 aliphatic rings. The molecule has 0 aliphatic carbocycles. The van der Waals surface area contributed by atoms with Crippen LogP contribution in [0.15, 0.2) is 84.6 Å². The van der Waals surface area contributed by atoms with Crippen molar-refractivity contribution in [2.45, 2.75) is 173 Å². The highest BCUT2D eigenvalue weighted by Crippen LogP contribution is 2.22. The summed E-state index contributed by atoms with van der Waals surface area (Å²) in [7, 11) is 0. The number of nitrogens with one attached hydrogen (secondary N) is 10. The van der Waals surface area contributed by atoms with Gasteiger partial charge in [0.2, 0.25) is 53.2 Å². The maximum Gasteiger partial charge on any atom is 0.338 e. The maximum atomic E-state index is 15.1. The van der Waals surface area contributed by atoms with Gasteiger partial charge in [-0.2, -0.15) is 0 Å². The second-order valence-electron chi connectivity index (χ2n) is 24.0. The predicted molar refractivity (Wildman–Crippen MR) is 351 cm³/mol. The van der Waals surface area contributed by atoms with E-state index in [0.29, 0.717) is 35.4 Å². The highest BCUT2D eigenvalue weighted by Gasteiger charge is 2.42. The largest absolute Gasteiger partial charge is 0.508 e. The Kier molecular flexibility index (Phi) is 30.1. The monoisotopic (exact) mass is 1420 g/mol. The van der Waals surface area contributed by atoms with Crippen molar-refractivity contribution in [1.29, 1.82) is 0 Å². The van der Waals surface area contributed by atoms with Gasteiger partial charge < -0.3 is 87.9 Å². The first kappa shape index (κ1) is 75.5. The number of aromatic amines is 2. The number of nitrogens with zero attached hydrogens (tertiary/aromatic N) is 4. The number of guanidine groups is 1. The molecular weight excluding hydrogens is 1330 g/mol. The second-order valence-corrected chi connectivity index (χ2v) is 24.4. The average Bonchev–Trinajstić information content (AvgIpc) is 1.53.